The van der Waals surface area contributed by atoms with Crippen LogP contribution in [0.15, 0.2) is 0 Å². The number of hydrogen-bond donors (Lipinski definition) is 2. The minimum atomic E-state index is -0.429. The molecule has 1 amide bonds. The molecule has 1 aliphatic carbocycles. The summed E-state index contributed by atoms with van der Waals surface area (Å²) in [6.45, 7) is -0.0582. The molecule has 2 unspecified atom stereocenters. The summed E-state index contributed by atoms with van der Waals surface area (Å²) in [4.78, 5) is 22.3. The highest BCUT2D eigenvalue weighted by atomic mass is 35.5. The predicted molar refractivity (Wildman–Crippen MR) is 66.8 cm³/mol. The standard InChI is InChI=1S/C11H20N2O3.ClH/c1-16-11(15)7-13-10(14)6-8-4-2-3-5-9(8)12;/h8-9H,2-7,12H2,1H3,(H,13,14);1H. The van der Waals surface area contributed by atoms with Crippen LogP contribution in [-0.2, 0) is 14.3 Å². The van der Waals surface area contributed by atoms with Gasteiger partial charge in [0, 0.05) is 12.5 Å². The fourth-order valence-electron chi connectivity index (χ4n) is 2.04. The molecular weight excluding hydrogens is 244 g/mol. The largest absolute Gasteiger partial charge is 0.468 e. The molecule has 0 aromatic carbocycles. The third-order valence-electron chi connectivity index (χ3n) is 3.07. The van der Waals surface area contributed by atoms with Crippen LogP contribution >= 0.6 is 12.4 Å². The molecule has 6 heteroatoms. The van der Waals surface area contributed by atoms with Gasteiger partial charge >= 0.3 is 5.97 Å². The fourth-order valence-corrected chi connectivity index (χ4v) is 2.04. The zero-order chi connectivity index (χ0) is 12.0. The maximum absolute atomic E-state index is 11.5. The van der Waals surface area contributed by atoms with Crippen molar-refractivity contribution in [3.8, 4) is 0 Å². The molecule has 0 saturated heterocycles. The van der Waals surface area contributed by atoms with Gasteiger partial charge in [-0.1, -0.05) is 12.8 Å². The summed E-state index contributed by atoms with van der Waals surface area (Å²) in [6, 6.07) is 0.123. The van der Waals surface area contributed by atoms with Crippen LogP contribution in [0.2, 0.25) is 0 Å². The molecule has 0 heterocycles. The van der Waals surface area contributed by atoms with Crippen molar-refractivity contribution in [1.82, 2.24) is 5.32 Å². The number of ether oxygens (including phenoxy) is 1. The Kier molecular flexibility index (Phi) is 7.91. The van der Waals surface area contributed by atoms with E-state index in [1.165, 1.54) is 7.11 Å². The van der Waals surface area contributed by atoms with Gasteiger partial charge in [0.25, 0.3) is 0 Å². The highest BCUT2D eigenvalue weighted by Gasteiger charge is 2.24. The summed E-state index contributed by atoms with van der Waals surface area (Å²) >= 11 is 0. The maximum atomic E-state index is 11.5. The summed E-state index contributed by atoms with van der Waals surface area (Å²) in [6.07, 6.45) is 4.71. The molecule has 100 valence electrons. The summed E-state index contributed by atoms with van der Waals surface area (Å²) in [5, 5.41) is 2.53. The van der Waals surface area contributed by atoms with Gasteiger partial charge in [0.05, 0.1) is 7.11 Å². The molecular formula is C11H21ClN2O3. The number of nitrogens with one attached hydrogen (secondary N) is 1. The van der Waals surface area contributed by atoms with Gasteiger partial charge < -0.3 is 15.8 Å². The molecule has 0 spiro atoms. The second kappa shape index (κ2) is 8.31. The van der Waals surface area contributed by atoms with Gasteiger partial charge in [-0.15, -0.1) is 12.4 Å². The molecule has 0 aromatic rings. The number of carbonyl (C=O) groups is 2. The minimum absolute atomic E-state index is 0. The van der Waals surface area contributed by atoms with Crippen molar-refractivity contribution in [3.05, 3.63) is 0 Å². The van der Waals surface area contributed by atoms with Crippen LogP contribution in [0.4, 0.5) is 0 Å². The fraction of sp³-hybridized carbons (Fsp3) is 0.818. The Balaban J connectivity index is 0.00000256. The van der Waals surface area contributed by atoms with E-state index >= 15 is 0 Å². The van der Waals surface area contributed by atoms with Crippen molar-refractivity contribution < 1.29 is 14.3 Å². The third-order valence-corrected chi connectivity index (χ3v) is 3.07. The van der Waals surface area contributed by atoms with E-state index in [9.17, 15) is 9.59 Å². The topological polar surface area (TPSA) is 81.4 Å². The van der Waals surface area contributed by atoms with Gasteiger partial charge in [-0.25, -0.2) is 0 Å². The first kappa shape index (κ1) is 16.2. The number of halogens is 1. The van der Waals surface area contributed by atoms with Crippen molar-refractivity contribution in [2.75, 3.05) is 13.7 Å². The monoisotopic (exact) mass is 264 g/mol. The van der Waals surface area contributed by atoms with E-state index in [0.29, 0.717) is 6.42 Å². The Labute approximate surface area is 108 Å². The molecule has 0 radical (unpaired) electrons. The van der Waals surface area contributed by atoms with Gasteiger partial charge in [0.1, 0.15) is 6.54 Å². The SMILES string of the molecule is COC(=O)CNC(=O)CC1CCCCC1N.Cl. The smallest absolute Gasteiger partial charge is 0.325 e. The normalized spacial score (nSPS) is 23.4. The molecule has 0 aliphatic heterocycles. The Morgan fingerprint density at radius 3 is 2.59 bits per heavy atom. The van der Waals surface area contributed by atoms with E-state index in [1.54, 1.807) is 0 Å². The van der Waals surface area contributed by atoms with Gasteiger partial charge in [-0.3, -0.25) is 9.59 Å². The second-order valence-corrected chi connectivity index (χ2v) is 4.27. The van der Waals surface area contributed by atoms with Crippen molar-refractivity contribution in [2.24, 2.45) is 11.7 Å². The minimum Gasteiger partial charge on any atom is -0.468 e. The van der Waals surface area contributed by atoms with Crippen LogP contribution in [0, 0.1) is 5.92 Å². The van der Waals surface area contributed by atoms with Gasteiger partial charge in [0.15, 0.2) is 0 Å². The predicted octanol–water partition coefficient (Wildman–Crippen LogP) is 0.605. The summed E-state index contributed by atoms with van der Waals surface area (Å²) in [5.74, 6) is -0.291. The number of carbonyl (C=O) groups excluding carboxylic acids is 2. The first-order valence-electron chi connectivity index (χ1n) is 5.72. The van der Waals surface area contributed by atoms with E-state index < -0.39 is 5.97 Å². The number of hydrogen-bond acceptors (Lipinski definition) is 4. The molecule has 1 rings (SSSR count). The van der Waals surface area contributed by atoms with Crippen LogP contribution < -0.4 is 11.1 Å². The van der Waals surface area contributed by atoms with Crippen molar-refractivity contribution >= 4 is 24.3 Å². The maximum Gasteiger partial charge on any atom is 0.325 e. The molecule has 0 bridgehead atoms. The molecule has 2 atom stereocenters. The third kappa shape index (κ3) is 5.89. The molecule has 1 saturated carbocycles. The van der Waals surface area contributed by atoms with Crippen LogP contribution in [0.1, 0.15) is 32.1 Å². The Morgan fingerprint density at radius 1 is 1.35 bits per heavy atom. The van der Waals surface area contributed by atoms with Crippen LogP contribution in [0.25, 0.3) is 0 Å². The van der Waals surface area contributed by atoms with Crippen LogP contribution in [-0.4, -0.2) is 31.6 Å². The first-order valence-corrected chi connectivity index (χ1v) is 5.72. The van der Waals surface area contributed by atoms with E-state index in [1.807, 2.05) is 0 Å². The molecule has 0 aromatic heterocycles. The van der Waals surface area contributed by atoms with Crippen LogP contribution in [0.3, 0.4) is 0 Å². The van der Waals surface area contributed by atoms with Crippen molar-refractivity contribution in [2.45, 2.75) is 38.1 Å². The number of amides is 1. The van der Waals surface area contributed by atoms with E-state index in [-0.39, 0.29) is 36.8 Å². The number of rotatable bonds is 4. The second-order valence-electron chi connectivity index (χ2n) is 4.27. The molecule has 1 fully saturated rings. The van der Waals surface area contributed by atoms with Crippen molar-refractivity contribution in [3.63, 3.8) is 0 Å². The molecule has 5 nitrogen and oxygen atoms in total. The zero-order valence-corrected chi connectivity index (χ0v) is 10.9. The summed E-state index contributed by atoms with van der Waals surface area (Å²) in [7, 11) is 1.30. The molecule has 17 heavy (non-hydrogen) atoms. The molecule has 3 N–H and O–H groups in total. The lowest BCUT2D eigenvalue weighted by atomic mass is 9.83. The van der Waals surface area contributed by atoms with Gasteiger partial charge in [-0.05, 0) is 18.8 Å². The average molecular weight is 265 g/mol. The van der Waals surface area contributed by atoms with Gasteiger partial charge in [-0.2, -0.15) is 0 Å². The summed E-state index contributed by atoms with van der Waals surface area (Å²) < 4.78 is 4.43. The Hall–Kier alpha value is -0.810. The highest BCUT2D eigenvalue weighted by molar-refractivity contribution is 5.85. The van der Waals surface area contributed by atoms with E-state index in [4.69, 9.17) is 5.73 Å². The number of nitrogens with two attached hydrogens (primary N) is 1. The lowest BCUT2D eigenvalue weighted by molar-refractivity contribution is -0.141. The Bertz CT molecular complexity index is 261. The zero-order valence-electron chi connectivity index (χ0n) is 10.1. The van der Waals surface area contributed by atoms with Crippen LogP contribution in [0.5, 0.6) is 0 Å². The lowest BCUT2D eigenvalue weighted by Gasteiger charge is -2.27. The number of methoxy groups -OCH3 is 1. The quantitative estimate of drug-likeness (QED) is 0.729. The number of esters is 1. The lowest BCUT2D eigenvalue weighted by Crippen LogP contribution is -2.38. The first-order chi connectivity index (χ1) is 7.63. The highest BCUT2D eigenvalue weighted by Crippen LogP contribution is 2.25. The summed E-state index contributed by atoms with van der Waals surface area (Å²) in [5.41, 5.74) is 5.94. The Morgan fingerprint density at radius 2 is 2.00 bits per heavy atom. The van der Waals surface area contributed by atoms with E-state index in [2.05, 4.69) is 10.1 Å². The molecule has 1 aliphatic rings. The van der Waals surface area contributed by atoms with Crippen molar-refractivity contribution in [1.29, 1.82) is 0 Å². The average Bonchev–Trinajstić information content (AvgIpc) is 2.29. The van der Waals surface area contributed by atoms with Gasteiger partial charge in [0.2, 0.25) is 5.91 Å². The van der Waals surface area contributed by atoms with E-state index in [0.717, 1.165) is 25.7 Å².